The van der Waals surface area contributed by atoms with E-state index in [0.29, 0.717) is 25.4 Å². The van der Waals surface area contributed by atoms with Gasteiger partial charge in [-0.3, -0.25) is 9.59 Å². The van der Waals surface area contributed by atoms with E-state index >= 15 is 0 Å². The average molecular weight is 243 g/mol. The largest absolute Gasteiger partial charge is 0.356 e. The molecule has 5 heteroatoms. The van der Waals surface area contributed by atoms with Crippen LogP contribution in [0.2, 0.25) is 0 Å². The average Bonchev–Trinajstić information content (AvgIpc) is 2.24. The summed E-state index contributed by atoms with van der Waals surface area (Å²) in [6.45, 7) is 8.84. The molecule has 0 saturated heterocycles. The summed E-state index contributed by atoms with van der Waals surface area (Å²) in [5, 5.41) is 5.44. The molecule has 0 rings (SSSR count). The second-order valence-electron chi connectivity index (χ2n) is 5.01. The molecule has 0 spiro atoms. The quantitative estimate of drug-likeness (QED) is 0.599. The zero-order chi connectivity index (χ0) is 13.4. The normalized spacial score (nSPS) is 12.6. The van der Waals surface area contributed by atoms with Crippen molar-refractivity contribution in [3.8, 4) is 0 Å². The van der Waals surface area contributed by atoms with Crippen molar-refractivity contribution >= 4 is 11.8 Å². The van der Waals surface area contributed by atoms with Crippen LogP contribution in [0.4, 0.5) is 0 Å². The second-order valence-corrected chi connectivity index (χ2v) is 5.01. The first-order chi connectivity index (χ1) is 7.84. The van der Waals surface area contributed by atoms with Gasteiger partial charge in [-0.1, -0.05) is 27.7 Å². The number of carbonyl (C=O) groups is 2. The van der Waals surface area contributed by atoms with Gasteiger partial charge < -0.3 is 16.4 Å². The van der Waals surface area contributed by atoms with Crippen LogP contribution >= 0.6 is 0 Å². The lowest BCUT2D eigenvalue weighted by atomic mass is 10.1. The Bertz CT molecular complexity index is 252. The van der Waals surface area contributed by atoms with Crippen LogP contribution in [0.25, 0.3) is 0 Å². The lowest BCUT2D eigenvalue weighted by Gasteiger charge is -2.15. The number of nitrogens with one attached hydrogen (secondary N) is 2. The molecule has 1 atom stereocenters. The first-order valence-electron chi connectivity index (χ1n) is 6.14. The van der Waals surface area contributed by atoms with Crippen LogP contribution in [-0.4, -0.2) is 30.9 Å². The molecule has 4 N–H and O–H groups in total. The number of carbonyl (C=O) groups excluding carboxylic acids is 2. The molecule has 100 valence electrons. The van der Waals surface area contributed by atoms with E-state index in [4.69, 9.17) is 5.73 Å². The summed E-state index contributed by atoms with van der Waals surface area (Å²) in [5.41, 5.74) is 5.66. The summed E-state index contributed by atoms with van der Waals surface area (Å²) >= 11 is 0. The first kappa shape index (κ1) is 15.9. The van der Waals surface area contributed by atoms with Gasteiger partial charge in [0, 0.05) is 19.5 Å². The van der Waals surface area contributed by atoms with Crippen LogP contribution in [0.15, 0.2) is 0 Å². The highest BCUT2D eigenvalue weighted by Crippen LogP contribution is 1.97. The molecule has 0 aliphatic carbocycles. The van der Waals surface area contributed by atoms with E-state index in [1.807, 2.05) is 27.7 Å². The predicted octanol–water partition coefficient (Wildman–Crippen LogP) is 0.248. The highest BCUT2D eigenvalue weighted by Gasteiger charge is 2.16. The van der Waals surface area contributed by atoms with Gasteiger partial charge in [-0.15, -0.1) is 0 Å². The Labute approximate surface area is 104 Å². The third-order valence-corrected chi connectivity index (χ3v) is 2.38. The van der Waals surface area contributed by atoms with Gasteiger partial charge in [0.25, 0.3) is 0 Å². The summed E-state index contributed by atoms with van der Waals surface area (Å²) in [5.74, 6) is 0.293. The molecule has 5 nitrogen and oxygen atoms in total. The van der Waals surface area contributed by atoms with Crippen LogP contribution in [0.5, 0.6) is 0 Å². The zero-order valence-electron chi connectivity index (χ0n) is 11.2. The molecule has 0 fully saturated rings. The maximum Gasteiger partial charge on any atom is 0.237 e. The molecule has 0 aromatic carbocycles. The molecule has 0 heterocycles. The molecular weight excluding hydrogens is 218 g/mol. The standard InChI is InChI=1S/C12H25N3O2/c1-8(2)7-15-10(16)5-6-14-12(17)11(13)9(3)4/h8-9,11H,5-7,13H2,1-4H3,(H,14,17)(H,15,16). The van der Waals surface area contributed by atoms with Gasteiger partial charge in [-0.05, 0) is 11.8 Å². The van der Waals surface area contributed by atoms with Crippen molar-refractivity contribution in [3.63, 3.8) is 0 Å². The van der Waals surface area contributed by atoms with E-state index in [2.05, 4.69) is 10.6 Å². The molecule has 17 heavy (non-hydrogen) atoms. The number of hydrogen-bond donors (Lipinski definition) is 3. The van der Waals surface area contributed by atoms with Crippen LogP contribution in [-0.2, 0) is 9.59 Å². The van der Waals surface area contributed by atoms with Crippen molar-refractivity contribution in [2.24, 2.45) is 17.6 Å². The van der Waals surface area contributed by atoms with Crippen molar-refractivity contribution in [2.75, 3.05) is 13.1 Å². The van der Waals surface area contributed by atoms with E-state index in [-0.39, 0.29) is 17.7 Å². The Hall–Kier alpha value is -1.10. The topological polar surface area (TPSA) is 84.2 Å². The lowest BCUT2D eigenvalue weighted by molar-refractivity contribution is -0.123. The zero-order valence-corrected chi connectivity index (χ0v) is 11.2. The Kier molecular flexibility index (Phi) is 7.54. The third-order valence-electron chi connectivity index (χ3n) is 2.38. The molecule has 0 radical (unpaired) electrons. The molecule has 0 aromatic heterocycles. The van der Waals surface area contributed by atoms with Crippen LogP contribution in [0.1, 0.15) is 34.1 Å². The maximum atomic E-state index is 11.5. The summed E-state index contributed by atoms with van der Waals surface area (Å²) in [7, 11) is 0. The summed E-state index contributed by atoms with van der Waals surface area (Å²) in [6, 6.07) is -0.506. The van der Waals surface area contributed by atoms with Gasteiger partial charge in [0.15, 0.2) is 0 Å². The van der Waals surface area contributed by atoms with Crippen molar-refractivity contribution in [1.82, 2.24) is 10.6 Å². The summed E-state index contributed by atoms with van der Waals surface area (Å²) in [4.78, 5) is 22.8. The molecule has 1 unspecified atom stereocenters. The van der Waals surface area contributed by atoms with Crippen LogP contribution in [0, 0.1) is 11.8 Å². The van der Waals surface area contributed by atoms with Gasteiger partial charge in [0.2, 0.25) is 11.8 Å². The third kappa shape index (κ3) is 7.74. The van der Waals surface area contributed by atoms with Gasteiger partial charge in [0.1, 0.15) is 0 Å². The molecule has 2 amide bonds. The molecule has 0 bridgehead atoms. The van der Waals surface area contributed by atoms with E-state index in [0.717, 1.165) is 0 Å². The van der Waals surface area contributed by atoms with Gasteiger partial charge in [-0.2, -0.15) is 0 Å². The maximum absolute atomic E-state index is 11.5. The van der Waals surface area contributed by atoms with Crippen molar-refractivity contribution in [2.45, 2.75) is 40.2 Å². The number of amides is 2. The number of rotatable bonds is 7. The minimum absolute atomic E-state index is 0.0443. The molecule has 0 aliphatic rings. The first-order valence-corrected chi connectivity index (χ1v) is 6.14. The van der Waals surface area contributed by atoms with Crippen molar-refractivity contribution in [3.05, 3.63) is 0 Å². The SMILES string of the molecule is CC(C)CNC(=O)CCNC(=O)C(N)C(C)C. The van der Waals surface area contributed by atoms with Crippen LogP contribution < -0.4 is 16.4 Å². The molecular formula is C12H25N3O2. The fourth-order valence-corrected chi connectivity index (χ4v) is 1.13. The fourth-order valence-electron chi connectivity index (χ4n) is 1.13. The van der Waals surface area contributed by atoms with E-state index < -0.39 is 6.04 Å². The van der Waals surface area contributed by atoms with Crippen molar-refractivity contribution in [1.29, 1.82) is 0 Å². The van der Waals surface area contributed by atoms with E-state index in [9.17, 15) is 9.59 Å². The second kappa shape index (κ2) is 8.06. The summed E-state index contributed by atoms with van der Waals surface area (Å²) in [6.07, 6.45) is 0.295. The van der Waals surface area contributed by atoms with Gasteiger partial charge in [-0.25, -0.2) is 0 Å². The van der Waals surface area contributed by atoms with Crippen LogP contribution in [0.3, 0.4) is 0 Å². The Balaban J connectivity index is 3.69. The van der Waals surface area contributed by atoms with Gasteiger partial charge in [0.05, 0.1) is 6.04 Å². The summed E-state index contributed by atoms with van der Waals surface area (Å²) < 4.78 is 0. The Morgan fingerprint density at radius 2 is 1.71 bits per heavy atom. The minimum atomic E-state index is -0.506. The highest BCUT2D eigenvalue weighted by molar-refractivity contribution is 5.82. The predicted molar refractivity (Wildman–Crippen MR) is 68.3 cm³/mol. The van der Waals surface area contributed by atoms with E-state index in [1.54, 1.807) is 0 Å². The minimum Gasteiger partial charge on any atom is -0.356 e. The van der Waals surface area contributed by atoms with E-state index in [1.165, 1.54) is 0 Å². The molecule has 0 aliphatic heterocycles. The molecule has 0 saturated carbocycles. The highest BCUT2D eigenvalue weighted by atomic mass is 16.2. The number of nitrogens with two attached hydrogens (primary N) is 1. The molecule has 0 aromatic rings. The number of hydrogen-bond acceptors (Lipinski definition) is 3. The van der Waals surface area contributed by atoms with Crippen molar-refractivity contribution < 1.29 is 9.59 Å². The smallest absolute Gasteiger partial charge is 0.237 e. The lowest BCUT2D eigenvalue weighted by Crippen LogP contribution is -2.44. The monoisotopic (exact) mass is 243 g/mol. The van der Waals surface area contributed by atoms with Gasteiger partial charge >= 0.3 is 0 Å². The Morgan fingerprint density at radius 1 is 1.12 bits per heavy atom. The Morgan fingerprint density at radius 3 is 2.18 bits per heavy atom. The fraction of sp³-hybridized carbons (Fsp3) is 0.833.